The van der Waals surface area contributed by atoms with Gasteiger partial charge >= 0.3 is 6.09 Å². The van der Waals surface area contributed by atoms with Crippen LogP contribution >= 0.6 is 0 Å². The van der Waals surface area contributed by atoms with Gasteiger partial charge in [0.25, 0.3) is 0 Å². The number of hydrogen-bond acceptors (Lipinski definition) is 3. The fourth-order valence-electron chi connectivity index (χ4n) is 0.983. The third-order valence-electron chi connectivity index (χ3n) is 1.82. The van der Waals surface area contributed by atoms with Gasteiger partial charge in [-0.1, -0.05) is 0 Å². The molecule has 1 saturated carbocycles. The van der Waals surface area contributed by atoms with Crippen molar-refractivity contribution in [2.24, 2.45) is 0 Å². The molecule has 1 rings (SSSR count). The van der Waals surface area contributed by atoms with Gasteiger partial charge in [0.2, 0.25) is 0 Å². The zero-order valence-corrected chi connectivity index (χ0v) is 8.64. The summed E-state index contributed by atoms with van der Waals surface area (Å²) in [7, 11) is 1.59. The van der Waals surface area contributed by atoms with Gasteiger partial charge in [-0.3, -0.25) is 5.32 Å². The molecular formula is C9H17NO3. The lowest BCUT2D eigenvalue weighted by Gasteiger charge is -2.22. The Morgan fingerprint density at radius 2 is 1.92 bits per heavy atom. The third kappa shape index (κ3) is 3.22. The number of carbonyl (C=O) groups excluding carboxylic acids is 1. The van der Waals surface area contributed by atoms with Gasteiger partial charge in [-0.15, -0.1) is 0 Å². The molecule has 4 nitrogen and oxygen atoms in total. The van der Waals surface area contributed by atoms with Gasteiger partial charge < -0.3 is 9.47 Å². The van der Waals surface area contributed by atoms with Crippen LogP contribution in [0, 0.1) is 0 Å². The molecule has 0 unspecified atom stereocenters. The summed E-state index contributed by atoms with van der Waals surface area (Å²) in [6.07, 6.45) is 1.32. The summed E-state index contributed by atoms with van der Waals surface area (Å²) < 4.78 is 10.2. The second kappa shape index (κ2) is 3.18. The summed E-state index contributed by atoms with van der Waals surface area (Å²) >= 11 is 0. The van der Waals surface area contributed by atoms with Crippen molar-refractivity contribution in [2.75, 3.05) is 7.11 Å². The number of alkyl carbamates (subject to hydrolysis) is 1. The van der Waals surface area contributed by atoms with Crippen molar-refractivity contribution in [1.82, 2.24) is 5.32 Å². The Kier molecular flexibility index (Phi) is 2.52. The number of methoxy groups -OCH3 is 1. The van der Waals surface area contributed by atoms with Crippen molar-refractivity contribution in [2.45, 2.75) is 44.9 Å². The Morgan fingerprint density at radius 1 is 1.38 bits per heavy atom. The first-order chi connectivity index (χ1) is 5.87. The Bertz CT molecular complexity index is 203. The minimum absolute atomic E-state index is 0.410. The molecule has 1 N–H and O–H groups in total. The van der Waals surface area contributed by atoms with Crippen molar-refractivity contribution >= 4 is 6.09 Å². The van der Waals surface area contributed by atoms with Crippen molar-refractivity contribution < 1.29 is 14.3 Å². The predicted molar refractivity (Wildman–Crippen MR) is 48.3 cm³/mol. The van der Waals surface area contributed by atoms with Crippen LogP contribution in [0.5, 0.6) is 0 Å². The topological polar surface area (TPSA) is 47.6 Å². The minimum atomic E-state index is -0.450. The van der Waals surface area contributed by atoms with Gasteiger partial charge in [0.05, 0.1) is 0 Å². The van der Waals surface area contributed by atoms with Gasteiger partial charge in [-0.05, 0) is 33.6 Å². The van der Waals surface area contributed by atoms with Crippen LogP contribution in [0.1, 0.15) is 33.6 Å². The number of rotatable bonds is 2. The zero-order chi connectivity index (χ0) is 10.1. The summed E-state index contributed by atoms with van der Waals surface area (Å²) in [6, 6.07) is 0. The van der Waals surface area contributed by atoms with Crippen LogP contribution < -0.4 is 5.32 Å². The van der Waals surface area contributed by atoms with Crippen LogP contribution in [-0.2, 0) is 9.47 Å². The second-order valence-electron chi connectivity index (χ2n) is 4.33. The Labute approximate surface area is 78.6 Å². The van der Waals surface area contributed by atoms with Crippen LogP contribution in [0.2, 0.25) is 0 Å². The predicted octanol–water partition coefficient (Wildman–Crippen LogP) is 1.65. The van der Waals surface area contributed by atoms with Crippen LogP contribution in [0.3, 0.4) is 0 Å². The molecule has 0 aliphatic heterocycles. The van der Waals surface area contributed by atoms with E-state index in [-0.39, 0.29) is 0 Å². The van der Waals surface area contributed by atoms with Crippen molar-refractivity contribution in [1.29, 1.82) is 0 Å². The maximum Gasteiger partial charge on any atom is 0.409 e. The highest BCUT2D eigenvalue weighted by atomic mass is 16.6. The highest BCUT2D eigenvalue weighted by Gasteiger charge is 2.45. The second-order valence-corrected chi connectivity index (χ2v) is 4.33. The Hall–Kier alpha value is -0.770. The number of carbonyl (C=O) groups is 1. The molecule has 1 amide bonds. The van der Waals surface area contributed by atoms with Gasteiger partial charge in [0, 0.05) is 7.11 Å². The molecule has 0 bridgehead atoms. The molecule has 0 radical (unpaired) electrons. The Morgan fingerprint density at radius 3 is 2.23 bits per heavy atom. The summed E-state index contributed by atoms with van der Waals surface area (Å²) in [6.45, 7) is 5.50. The molecule has 1 aliphatic carbocycles. The quantitative estimate of drug-likeness (QED) is 0.668. The number of nitrogens with one attached hydrogen (secondary N) is 1. The fraction of sp³-hybridized carbons (Fsp3) is 0.889. The molecule has 76 valence electrons. The summed E-state index contributed by atoms with van der Waals surface area (Å²) in [5.74, 6) is 0. The zero-order valence-electron chi connectivity index (χ0n) is 8.64. The molecule has 13 heavy (non-hydrogen) atoms. The van der Waals surface area contributed by atoms with Gasteiger partial charge in [-0.2, -0.15) is 0 Å². The number of amides is 1. The first kappa shape index (κ1) is 10.3. The number of ether oxygens (including phenoxy) is 2. The maximum absolute atomic E-state index is 11.3. The van der Waals surface area contributed by atoms with Gasteiger partial charge in [0.1, 0.15) is 11.3 Å². The van der Waals surface area contributed by atoms with Crippen molar-refractivity contribution in [3.63, 3.8) is 0 Å². The molecule has 0 heterocycles. The van der Waals surface area contributed by atoms with Gasteiger partial charge in [-0.25, -0.2) is 4.79 Å². The first-order valence-corrected chi connectivity index (χ1v) is 4.43. The molecule has 0 atom stereocenters. The lowest BCUT2D eigenvalue weighted by molar-refractivity contribution is 0.0138. The largest absolute Gasteiger partial charge is 0.444 e. The average Bonchev–Trinajstić information content (AvgIpc) is 2.65. The van der Waals surface area contributed by atoms with E-state index in [9.17, 15) is 4.79 Å². The van der Waals surface area contributed by atoms with E-state index in [0.29, 0.717) is 0 Å². The van der Waals surface area contributed by atoms with Gasteiger partial charge in [0.15, 0.2) is 0 Å². The summed E-state index contributed by atoms with van der Waals surface area (Å²) in [5.41, 5.74) is -0.893. The molecule has 1 fully saturated rings. The molecule has 4 heteroatoms. The summed E-state index contributed by atoms with van der Waals surface area (Å²) in [5, 5.41) is 2.69. The number of hydrogen-bond donors (Lipinski definition) is 1. The van der Waals surface area contributed by atoms with Crippen molar-refractivity contribution in [3.8, 4) is 0 Å². The standard InChI is InChI=1S/C9H17NO3/c1-8(2,3)13-7(11)10-9(12-4)5-6-9/h5-6H2,1-4H3,(H,10,11). The SMILES string of the molecule is COC1(NC(=O)OC(C)(C)C)CC1. The molecule has 0 aromatic heterocycles. The van der Waals surface area contributed by atoms with E-state index in [1.54, 1.807) is 7.11 Å². The molecule has 0 saturated heterocycles. The van der Waals surface area contributed by atoms with Crippen molar-refractivity contribution in [3.05, 3.63) is 0 Å². The van der Waals surface area contributed by atoms with E-state index in [0.717, 1.165) is 12.8 Å². The lowest BCUT2D eigenvalue weighted by atomic mass is 10.2. The maximum atomic E-state index is 11.3. The van der Waals surface area contributed by atoms with E-state index in [4.69, 9.17) is 9.47 Å². The van der Waals surface area contributed by atoms with Crippen LogP contribution in [-0.4, -0.2) is 24.5 Å². The molecule has 0 spiro atoms. The highest BCUT2D eigenvalue weighted by molar-refractivity contribution is 5.69. The van der Waals surface area contributed by atoms with Crippen LogP contribution in [0.4, 0.5) is 4.79 Å². The normalized spacial score (nSPS) is 19.4. The first-order valence-electron chi connectivity index (χ1n) is 4.43. The molecule has 0 aromatic rings. The monoisotopic (exact) mass is 187 g/mol. The average molecular weight is 187 g/mol. The van der Waals surface area contributed by atoms with E-state index in [2.05, 4.69) is 5.32 Å². The highest BCUT2D eigenvalue weighted by Crippen LogP contribution is 2.35. The fourth-order valence-corrected chi connectivity index (χ4v) is 0.983. The third-order valence-corrected chi connectivity index (χ3v) is 1.82. The lowest BCUT2D eigenvalue weighted by Crippen LogP contribution is -2.41. The Balaban J connectivity index is 2.34. The molecular weight excluding hydrogens is 170 g/mol. The molecule has 0 aromatic carbocycles. The minimum Gasteiger partial charge on any atom is -0.444 e. The summed E-state index contributed by atoms with van der Waals surface area (Å²) in [4.78, 5) is 11.3. The molecule has 1 aliphatic rings. The van der Waals surface area contributed by atoms with Crippen LogP contribution in [0.25, 0.3) is 0 Å². The van der Waals surface area contributed by atoms with E-state index >= 15 is 0 Å². The van der Waals surface area contributed by atoms with E-state index < -0.39 is 17.4 Å². The van der Waals surface area contributed by atoms with Crippen LogP contribution in [0.15, 0.2) is 0 Å². The van der Waals surface area contributed by atoms with E-state index in [1.165, 1.54) is 0 Å². The smallest absolute Gasteiger partial charge is 0.409 e. The van der Waals surface area contributed by atoms with E-state index in [1.807, 2.05) is 20.8 Å².